The van der Waals surface area contributed by atoms with E-state index in [1.54, 1.807) is 18.2 Å². The highest BCUT2D eigenvalue weighted by atomic mass is 32.2. The Morgan fingerprint density at radius 1 is 0.944 bits per heavy atom. The third-order valence-corrected chi connectivity index (χ3v) is 7.60. The number of hydrogen-bond donors (Lipinski definition) is 2. The third kappa shape index (κ3) is 4.38. The Balaban J connectivity index is 1.68. The van der Waals surface area contributed by atoms with Crippen LogP contribution in [0.25, 0.3) is 5.57 Å². The molecule has 0 saturated carbocycles. The van der Waals surface area contributed by atoms with Gasteiger partial charge in [-0.15, -0.1) is 0 Å². The molecule has 1 heterocycles. The number of ether oxygens (including phenoxy) is 1. The van der Waals surface area contributed by atoms with Gasteiger partial charge in [0.15, 0.2) is 0 Å². The molecule has 0 bridgehead atoms. The zero-order valence-electron chi connectivity index (χ0n) is 20.6. The van der Waals surface area contributed by atoms with Crippen molar-refractivity contribution in [3.05, 3.63) is 112 Å². The number of para-hydroxylation sites is 1. The van der Waals surface area contributed by atoms with Crippen molar-refractivity contribution in [2.45, 2.75) is 38.5 Å². The third-order valence-electron chi connectivity index (χ3n) is 6.69. The molecule has 0 radical (unpaired) electrons. The lowest BCUT2D eigenvalue weighted by Crippen LogP contribution is -2.15. The van der Waals surface area contributed by atoms with Gasteiger partial charge < -0.3 is 10.1 Å². The number of fused-ring (bicyclic) bond motifs is 2. The van der Waals surface area contributed by atoms with Crippen molar-refractivity contribution in [2.24, 2.45) is 5.92 Å². The van der Waals surface area contributed by atoms with Crippen molar-refractivity contribution in [3.63, 3.8) is 0 Å². The summed E-state index contributed by atoms with van der Waals surface area (Å²) in [6, 6.07) is 18.8. The van der Waals surface area contributed by atoms with Crippen LogP contribution >= 0.6 is 0 Å². The van der Waals surface area contributed by atoms with Gasteiger partial charge in [-0.05, 0) is 54.2 Å². The highest BCUT2D eigenvalue weighted by Gasteiger charge is 2.30. The Bertz CT molecular complexity index is 1520. The summed E-state index contributed by atoms with van der Waals surface area (Å²) < 4.78 is 40.9. The van der Waals surface area contributed by atoms with Crippen LogP contribution in [0.3, 0.4) is 0 Å². The minimum absolute atomic E-state index is 0.126. The molecule has 6 heteroatoms. The second kappa shape index (κ2) is 9.45. The quantitative estimate of drug-likeness (QED) is 0.354. The molecule has 5 nitrogen and oxygen atoms in total. The Kier molecular flexibility index (Phi) is 6.33. The van der Waals surface area contributed by atoms with Crippen molar-refractivity contribution < 1.29 is 17.7 Å². The van der Waals surface area contributed by atoms with Crippen LogP contribution in [0.4, 0.5) is 11.4 Å². The summed E-state index contributed by atoms with van der Waals surface area (Å²) in [5.41, 5.74) is 7.20. The van der Waals surface area contributed by atoms with Gasteiger partial charge in [0.25, 0.3) is 10.1 Å². The number of rotatable bonds is 6. The van der Waals surface area contributed by atoms with Crippen LogP contribution in [0.5, 0.6) is 5.75 Å². The predicted octanol–water partition coefficient (Wildman–Crippen LogP) is 7.09. The fourth-order valence-corrected chi connectivity index (χ4v) is 5.60. The molecule has 0 aromatic heterocycles. The lowest BCUT2D eigenvalue weighted by atomic mass is 9.86. The Morgan fingerprint density at radius 2 is 1.67 bits per heavy atom. The Labute approximate surface area is 212 Å². The maximum Gasteiger partial charge on any atom is 0.295 e. The second-order valence-electron chi connectivity index (χ2n) is 9.11. The zero-order valence-corrected chi connectivity index (χ0v) is 21.4. The monoisotopic (exact) mass is 499 g/mol. The SMILES string of the molecule is CCc1cccc(CC)c1Nc1ccc2c(c1)OC1=CC(C)C=CC1=C2c1ccccc1S(=O)(=O)O. The molecule has 0 amide bonds. The van der Waals surface area contributed by atoms with Gasteiger partial charge in [0.2, 0.25) is 0 Å². The summed E-state index contributed by atoms with van der Waals surface area (Å²) in [6.07, 6.45) is 7.87. The molecule has 1 unspecified atom stereocenters. The van der Waals surface area contributed by atoms with Crippen molar-refractivity contribution in [2.75, 3.05) is 5.32 Å². The standard InChI is InChI=1S/C30H29NO4S/c1-4-20-9-8-10-21(5-2)30(20)31-22-14-16-24-27(18-22)35-26-17-19(3)13-15-23(26)29(24)25-11-6-7-12-28(25)36(32,33)34/h6-19,31H,4-5H2,1-3H3,(H,32,33,34). The van der Waals surface area contributed by atoms with Gasteiger partial charge in [0, 0.05) is 39.7 Å². The average Bonchev–Trinajstić information content (AvgIpc) is 2.86. The minimum atomic E-state index is -4.43. The van der Waals surface area contributed by atoms with Gasteiger partial charge in [0.05, 0.1) is 0 Å². The predicted molar refractivity (Wildman–Crippen MR) is 144 cm³/mol. The summed E-state index contributed by atoms with van der Waals surface area (Å²) in [5.74, 6) is 1.48. The first kappa shape index (κ1) is 24.1. The van der Waals surface area contributed by atoms with Crippen LogP contribution in [0, 0.1) is 5.92 Å². The van der Waals surface area contributed by atoms with Crippen LogP contribution in [0.1, 0.15) is 43.0 Å². The average molecular weight is 500 g/mol. The molecule has 1 aliphatic carbocycles. The molecule has 2 N–H and O–H groups in total. The first-order chi connectivity index (χ1) is 17.3. The van der Waals surface area contributed by atoms with Crippen molar-refractivity contribution in [3.8, 4) is 5.75 Å². The van der Waals surface area contributed by atoms with Crippen molar-refractivity contribution in [1.82, 2.24) is 0 Å². The van der Waals surface area contributed by atoms with E-state index in [1.165, 1.54) is 17.2 Å². The molecule has 36 heavy (non-hydrogen) atoms. The van der Waals surface area contributed by atoms with E-state index in [0.29, 0.717) is 22.6 Å². The summed E-state index contributed by atoms with van der Waals surface area (Å²) in [6.45, 7) is 6.35. The molecule has 3 aromatic carbocycles. The van der Waals surface area contributed by atoms with Crippen LogP contribution in [-0.4, -0.2) is 13.0 Å². The Hall–Kier alpha value is -3.61. The van der Waals surface area contributed by atoms with Gasteiger partial charge in [0.1, 0.15) is 16.4 Å². The van der Waals surface area contributed by atoms with E-state index in [-0.39, 0.29) is 10.8 Å². The molecule has 1 atom stereocenters. The van der Waals surface area contributed by atoms with E-state index in [0.717, 1.165) is 35.4 Å². The van der Waals surface area contributed by atoms with E-state index in [4.69, 9.17) is 4.74 Å². The van der Waals surface area contributed by atoms with E-state index in [1.807, 2.05) is 36.4 Å². The summed E-state index contributed by atoms with van der Waals surface area (Å²) in [4.78, 5) is -0.126. The highest BCUT2D eigenvalue weighted by molar-refractivity contribution is 7.86. The molecular formula is C30H29NO4S. The molecule has 0 fully saturated rings. The molecule has 184 valence electrons. The Morgan fingerprint density at radius 3 is 2.36 bits per heavy atom. The molecule has 3 aromatic rings. The molecule has 1 aliphatic heterocycles. The maximum absolute atomic E-state index is 12.3. The summed E-state index contributed by atoms with van der Waals surface area (Å²) in [7, 11) is -4.43. The molecule has 2 aliphatic rings. The molecule has 0 spiro atoms. The highest BCUT2D eigenvalue weighted by Crippen LogP contribution is 2.46. The smallest absolute Gasteiger partial charge is 0.295 e. The zero-order chi connectivity index (χ0) is 25.4. The van der Waals surface area contributed by atoms with Gasteiger partial charge in [-0.1, -0.05) is 69.3 Å². The van der Waals surface area contributed by atoms with Gasteiger partial charge >= 0.3 is 0 Å². The van der Waals surface area contributed by atoms with Crippen LogP contribution in [0.2, 0.25) is 0 Å². The van der Waals surface area contributed by atoms with Gasteiger partial charge in [-0.25, -0.2) is 0 Å². The van der Waals surface area contributed by atoms with Crippen LogP contribution in [0.15, 0.2) is 95.1 Å². The van der Waals surface area contributed by atoms with E-state index in [2.05, 4.69) is 44.3 Å². The lowest BCUT2D eigenvalue weighted by Gasteiger charge is -2.29. The summed E-state index contributed by atoms with van der Waals surface area (Å²) in [5, 5.41) is 3.60. The van der Waals surface area contributed by atoms with Gasteiger partial charge in [-0.3, -0.25) is 4.55 Å². The van der Waals surface area contributed by atoms with E-state index < -0.39 is 10.1 Å². The maximum atomic E-state index is 12.3. The fraction of sp³-hybridized carbons (Fsp3) is 0.200. The number of benzene rings is 3. The lowest BCUT2D eigenvalue weighted by molar-refractivity contribution is 0.426. The largest absolute Gasteiger partial charge is 0.456 e. The molecular weight excluding hydrogens is 470 g/mol. The molecule has 5 rings (SSSR count). The van der Waals surface area contributed by atoms with Crippen molar-refractivity contribution in [1.29, 1.82) is 0 Å². The first-order valence-corrected chi connectivity index (χ1v) is 13.7. The number of nitrogens with one attached hydrogen (secondary N) is 1. The second-order valence-corrected chi connectivity index (χ2v) is 10.5. The van der Waals surface area contributed by atoms with Crippen molar-refractivity contribution >= 4 is 27.1 Å². The fourth-order valence-electron chi connectivity index (χ4n) is 4.90. The first-order valence-electron chi connectivity index (χ1n) is 12.2. The van der Waals surface area contributed by atoms with E-state index >= 15 is 0 Å². The number of aryl methyl sites for hydroxylation is 2. The minimum Gasteiger partial charge on any atom is -0.456 e. The topological polar surface area (TPSA) is 75.6 Å². The normalized spacial score (nSPS) is 16.7. The van der Waals surface area contributed by atoms with E-state index in [9.17, 15) is 13.0 Å². The van der Waals surface area contributed by atoms with Crippen LogP contribution in [-0.2, 0) is 23.0 Å². The van der Waals surface area contributed by atoms with Crippen LogP contribution < -0.4 is 10.1 Å². The number of hydrogen-bond acceptors (Lipinski definition) is 4. The summed E-state index contributed by atoms with van der Waals surface area (Å²) >= 11 is 0. The number of anilines is 2. The number of allylic oxidation sites excluding steroid dienone is 3. The van der Waals surface area contributed by atoms with Gasteiger partial charge in [-0.2, -0.15) is 8.42 Å². The molecule has 0 saturated heterocycles.